The second-order valence-electron chi connectivity index (χ2n) is 2.59. The van der Waals surface area contributed by atoms with Crippen molar-refractivity contribution in [1.29, 1.82) is 0 Å². The lowest BCUT2D eigenvalue weighted by molar-refractivity contribution is -0.112. The van der Waals surface area contributed by atoms with E-state index in [2.05, 4.69) is 0 Å². The third-order valence-electron chi connectivity index (χ3n) is 1.83. The maximum Gasteiger partial charge on any atom is 0.120 e. The van der Waals surface area contributed by atoms with Gasteiger partial charge in [-0.15, -0.1) is 0 Å². The van der Waals surface area contributed by atoms with Crippen LogP contribution in [0.5, 0.6) is 0 Å². The highest BCUT2D eigenvalue weighted by molar-refractivity contribution is 5.49. The minimum Gasteiger partial charge on any atom is -0.393 e. The fraction of sp³-hybridized carbons (Fsp3) is 0.857. The minimum atomic E-state index is -0.334. The van der Waals surface area contributed by atoms with E-state index in [1.54, 1.807) is 0 Å². The van der Waals surface area contributed by atoms with Crippen molar-refractivity contribution in [3.8, 4) is 0 Å². The van der Waals surface area contributed by atoms with Gasteiger partial charge in [0, 0.05) is 18.9 Å². The van der Waals surface area contributed by atoms with Gasteiger partial charge in [-0.2, -0.15) is 0 Å². The predicted octanol–water partition coefficient (Wildman–Crippen LogP) is -0.0272. The average molecular weight is 144 g/mol. The van der Waals surface area contributed by atoms with Crippen LogP contribution in [0, 0.1) is 5.92 Å². The van der Waals surface area contributed by atoms with Crippen LogP contribution in [0.3, 0.4) is 0 Å². The lowest BCUT2D eigenvalue weighted by atomic mass is 9.96. The molecule has 1 N–H and O–H groups in total. The molecule has 0 bridgehead atoms. The second kappa shape index (κ2) is 3.68. The molecule has 0 spiro atoms. The summed E-state index contributed by atoms with van der Waals surface area (Å²) < 4.78 is 5.09. The molecule has 1 saturated heterocycles. The average Bonchev–Trinajstić information content (AvgIpc) is 1.94. The molecule has 1 aliphatic rings. The summed E-state index contributed by atoms with van der Waals surface area (Å²) >= 11 is 0. The van der Waals surface area contributed by atoms with Crippen molar-refractivity contribution in [3.63, 3.8) is 0 Å². The van der Waals surface area contributed by atoms with Crippen molar-refractivity contribution >= 4 is 6.29 Å². The Morgan fingerprint density at radius 1 is 1.70 bits per heavy atom. The zero-order valence-electron chi connectivity index (χ0n) is 5.82. The van der Waals surface area contributed by atoms with E-state index in [9.17, 15) is 9.90 Å². The zero-order chi connectivity index (χ0) is 7.40. The summed E-state index contributed by atoms with van der Waals surface area (Å²) in [5, 5.41) is 9.26. The molecule has 1 heterocycles. The van der Waals surface area contributed by atoms with E-state index in [0.717, 1.165) is 6.29 Å². The Morgan fingerprint density at radius 2 is 2.50 bits per heavy atom. The molecule has 0 amide bonds. The second-order valence-corrected chi connectivity index (χ2v) is 2.59. The van der Waals surface area contributed by atoms with Gasteiger partial charge in [0.1, 0.15) is 6.29 Å². The summed E-state index contributed by atoms with van der Waals surface area (Å²) in [4.78, 5) is 10.1. The normalized spacial score (nSPS) is 33.7. The molecule has 1 aliphatic heterocycles. The van der Waals surface area contributed by atoms with Crippen LogP contribution < -0.4 is 0 Å². The number of ether oxygens (including phenoxy) is 1. The predicted molar refractivity (Wildman–Crippen MR) is 35.6 cm³/mol. The number of aldehydes is 1. The first-order valence-electron chi connectivity index (χ1n) is 3.54. The number of rotatable bonds is 2. The van der Waals surface area contributed by atoms with Gasteiger partial charge in [-0.25, -0.2) is 0 Å². The van der Waals surface area contributed by atoms with Crippen LogP contribution in [0.1, 0.15) is 12.8 Å². The first-order valence-corrected chi connectivity index (χ1v) is 3.54. The maximum atomic E-state index is 10.1. The smallest absolute Gasteiger partial charge is 0.120 e. The van der Waals surface area contributed by atoms with Crippen molar-refractivity contribution in [2.24, 2.45) is 5.92 Å². The number of carbonyl (C=O) groups is 1. The van der Waals surface area contributed by atoms with Crippen LogP contribution >= 0.6 is 0 Å². The van der Waals surface area contributed by atoms with Crippen LogP contribution in [-0.4, -0.2) is 30.7 Å². The topological polar surface area (TPSA) is 46.5 Å². The Balaban J connectivity index is 2.32. The quantitative estimate of drug-likeness (QED) is 0.554. The van der Waals surface area contributed by atoms with E-state index in [4.69, 9.17) is 4.74 Å². The van der Waals surface area contributed by atoms with Gasteiger partial charge in [-0.3, -0.25) is 0 Å². The molecule has 2 unspecified atom stereocenters. The molecule has 2 atom stereocenters. The van der Waals surface area contributed by atoms with Crippen molar-refractivity contribution in [2.75, 3.05) is 13.2 Å². The largest absolute Gasteiger partial charge is 0.393 e. The summed E-state index contributed by atoms with van der Waals surface area (Å²) in [5.41, 5.74) is 0. The number of aliphatic hydroxyl groups is 1. The van der Waals surface area contributed by atoms with Crippen LogP contribution in [0.25, 0.3) is 0 Å². The summed E-state index contributed by atoms with van der Waals surface area (Å²) in [6.07, 6.45) is 1.58. The van der Waals surface area contributed by atoms with E-state index in [0.29, 0.717) is 26.1 Å². The van der Waals surface area contributed by atoms with E-state index < -0.39 is 0 Å². The summed E-state index contributed by atoms with van der Waals surface area (Å²) in [6, 6.07) is 0. The molecule has 0 radical (unpaired) electrons. The molecule has 1 rings (SSSR count). The van der Waals surface area contributed by atoms with Crippen LogP contribution in [0.15, 0.2) is 0 Å². The van der Waals surface area contributed by atoms with Gasteiger partial charge in [0.05, 0.1) is 12.7 Å². The first-order chi connectivity index (χ1) is 4.84. The molecule has 58 valence electrons. The highest BCUT2D eigenvalue weighted by Crippen LogP contribution is 2.16. The number of carbonyl (C=O) groups excluding carboxylic acids is 1. The van der Waals surface area contributed by atoms with Gasteiger partial charge < -0.3 is 14.6 Å². The SMILES string of the molecule is O=CCC1COCCC1O. The summed E-state index contributed by atoms with van der Waals surface area (Å²) in [7, 11) is 0. The molecular formula is C7H12O3. The van der Waals surface area contributed by atoms with E-state index in [1.807, 2.05) is 0 Å². The third-order valence-corrected chi connectivity index (χ3v) is 1.83. The van der Waals surface area contributed by atoms with Gasteiger partial charge in [0.25, 0.3) is 0 Å². The summed E-state index contributed by atoms with van der Waals surface area (Å²) in [6.45, 7) is 1.15. The van der Waals surface area contributed by atoms with Crippen LogP contribution in [-0.2, 0) is 9.53 Å². The minimum absolute atomic E-state index is 0.0336. The fourth-order valence-corrected chi connectivity index (χ4v) is 1.13. The van der Waals surface area contributed by atoms with Crippen molar-refractivity contribution in [2.45, 2.75) is 18.9 Å². The van der Waals surface area contributed by atoms with E-state index >= 15 is 0 Å². The molecule has 3 heteroatoms. The summed E-state index contributed by atoms with van der Waals surface area (Å²) in [5.74, 6) is 0.0336. The molecule has 0 aromatic carbocycles. The highest BCUT2D eigenvalue weighted by atomic mass is 16.5. The van der Waals surface area contributed by atoms with Crippen molar-refractivity contribution < 1.29 is 14.6 Å². The molecule has 0 saturated carbocycles. The zero-order valence-corrected chi connectivity index (χ0v) is 5.82. The van der Waals surface area contributed by atoms with Crippen molar-refractivity contribution in [1.82, 2.24) is 0 Å². The van der Waals surface area contributed by atoms with Gasteiger partial charge in [-0.1, -0.05) is 0 Å². The lowest BCUT2D eigenvalue weighted by Crippen LogP contribution is -2.31. The maximum absolute atomic E-state index is 10.1. The van der Waals surface area contributed by atoms with Gasteiger partial charge in [0.15, 0.2) is 0 Å². The van der Waals surface area contributed by atoms with E-state index in [-0.39, 0.29) is 12.0 Å². The highest BCUT2D eigenvalue weighted by Gasteiger charge is 2.22. The van der Waals surface area contributed by atoms with Crippen LogP contribution in [0.2, 0.25) is 0 Å². The van der Waals surface area contributed by atoms with Gasteiger partial charge in [-0.05, 0) is 6.42 Å². The number of aliphatic hydroxyl groups excluding tert-OH is 1. The molecule has 0 aromatic rings. The Bertz CT molecular complexity index is 113. The Morgan fingerprint density at radius 3 is 3.10 bits per heavy atom. The van der Waals surface area contributed by atoms with Crippen LogP contribution in [0.4, 0.5) is 0 Å². The Kier molecular flexibility index (Phi) is 2.83. The third kappa shape index (κ3) is 1.78. The fourth-order valence-electron chi connectivity index (χ4n) is 1.13. The number of hydrogen-bond donors (Lipinski definition) is 1. The molecule has 0 aromatic heterocycles. The Labute approximate surface area is 60.0 Å². The van der Waals surface area contributed by atoms with Crippen molar-refractivity contribution in [3.05, 3.63) is 0 Å². The Hall–Kier alpha value is -0.410. The monoisotopic (exact) mass is 144 g/mol. The molecule has 10 heavy (non-hydrogen) atoms. The van der Waals surface area contributed by atoms with Gasteiger partial charge >= 0.3 is 0 Å². The molecule has 0 aliphatic carbocycles. The molecular weight excluding hydrogens is 132 g/mol. The first kappa shape index (κ1) is 7.69. The number of hydrogen-bond acceptors (Lipinski definition) is 3. The molecule has 3 nitrogen and oxygen atoms in total. The standard InChI is InChI=1S/C7H12O3/c8-3-1-6-5-10-4-2-7(6)9/h3,6-7,9H,1-2,4-5H2. The lowest BCUT2D eigenvalue weighted by Gasteiger charge is -2.25. The van der Waals surface area contributed by atoms with E-state index in [1.165, 1.54) is 0 Å². The molecule has 1 fully saturated rings. The van der Waals surface area contributed by atoms with Gasteiger partial charge in [0.2, 0.25) is 0 Å².